The van der Waals surface area contributed by atoms with Crippen molar-refractivity contribution < 1.29 is 0 Å². The summed E-state index contributed by atoms with van der Waals surface area (Å²) in [6, 6.07) is 18.6. The molecule has 1 nitrogen and oxygen atoms in total. The average molecular weight is 288 g/mol. The van der Waals surface area contributed by atoms with Crippen LogP contribution in [-0.2, 0) is 0 Å². The van der Waals surface area contributed by atoms with Crippen molar-refractivity contribution in [2.24, 2.45) is 4.99 Å². The van der Waals surface area contributed by atoms with Gasteiger partial charge in [-0.25, -0.2) is 0 Å². The van der Waals surface area contributed by atoms with Gasteiger partial charge in [0.05, 0.1) is 6.04 Å². The van der Waals surface area contributed by atoms with Crippen molar-refractivity contribution in [3.8, 4) is 0 Å². The summed E-state index contributed by atoms with van der Waals surface area (Å²) in [5.41, 5.74) is 2.36. The Morgan fingerprint density at radius 2 is 1.65 bits per heavy atom. The molecule has 2 rings (SSSR count). The maximum atomic E-state index is 4.55. The zero-order valence-corrected chi connectivity index (χ0v) is 11.3. The van der Waals surface area contributed by atoms with Crippen molar-refractivity contribution in [1.29, 1.82) is 0 Å². The molecule has 1 unspecified atom stereocenters. The molecule has 0 spiro atoms. The van der Waals surface area contributed by atoms with E-state index in [2.05, 4.69) is 40.0 Å². The predicted octanol–water partition coefficient (Wildman–Crippen LogP) is 4.63. The zero-order valence-electron chi connectivity index (χ0n) is 9.68. The first kappa shape index (κ1) is 12.1. The van der Waals surface area contributed by atoms with Crippen LogP contribution in [0.5, 0.6) is 0 Å². The molecule has 0 saturated carbocycles. The van der Waals surface area contributed by atoms with Crippen LogP contribution in [0.2, 0.25) is 0 Å². The highest BCUT2D eigenvalue weighted by Crippen LogP contribution is 2.16. The Kier molecular flexibility index (Phi) is 4.10. The highest BCUT2D eigenvalue weighted by atomic mass is 79.9. The lowest BCUT2D eigenvalue weighted by Gasteiger charge is -2.05. The minimum absolute atomic E-state index is 0.194. The van der Waals surface area contributed by atoms with Crippen molar-refractivity contribution in [1.82, 2.24) is 0 Å². The summed E-state index contributed by atoms with van der Waals surface area (Å²) < 4.78 is 1.09. The first-order valence-corrected chi connectivity index (χ1v) is 6.39. The molecular formula is C15H14BrN. The van der Waals surface area contributed by atoms with Crippen molar-refractivity contribution in [2.45, 2.75) is 13.0 Å². The fraction of sp³-hybridized carbons (Fsp3) is 0.133. The first-order valence-electron chi connectivity index (χ1n) is 5.59. The van der Waals surface area contributed by atoms with Crippen molar-refractivity contribution >= 4 is 22.1 Å². The van der Waals surface area contributed by atoms with E-state index in [4.69, 9.17) is 0 Å². The molecule has 86 valence electrons. The fourth-order valence-corrected chi connectivity index (χ4v) is 1.83. The van der Waals surface area contributed by atoms with E-state index in [0.29, 0.717) is 0 Å². The molecule has 2 aromatic rings. The summed E-state index contributed by atoms with van der Waals surface area (Å²) >= 11 is 3.42. The molecule has 0 radical (unpaired) electrons. The molecule has 17 heavy (non-hydrogen) atoms. The van der Waals surface area contributed by atoms with Gasteiger partial charge >= 0.3 is 0 Å². The summed E-state index contributed by atoms with van der Waals surface area (Å²) in [5.74, 6) is 0. The number of halogens is 1. The lowest BCUT2D eigenvalue weighted by atomic mass is 10.1. The van der Waals surface area contributed by atoms with E-state index in [1.807, 2.05) is 48.7 Å². The molecule has 0 fully saturated rings. The van der Waals surface area contributed by atoms with E-state index in [9.17, 15) is 0 Å². The van der Waals surface area contributed by atoms with E-state index in [1.54, 1.807) is 0 Å². The number of benzene rings is 2. The third-order valence-corrected chi connectivity index (χ3v) is 3.13. The van der Waals surface area contributed by atoms with Crippen LogP contribution in [0.3, 0.4) is 0 Å². The van der Waals surface area contributed by atoms with Gasteiger partial charge in [-0.15, -0.1) is 0 Å². The summed E-state index contributed by atoms with van der Waals surface area (Å²) in [7, 11) is 0. The fourth-order valence-electron chi connectivity index (χ4n) is 1.56. The van der Waals surface area contributed by atoms with Crippen LogP contribution in [-0.4, -0.2) is 6.21 Å². The van der Waals surface area contributed by atoms with Crippen LogP contribution in [0, 0.1) is 0 Å². The van der Waals surface area contributed by atoms with Gasteiger partial charge in [-0.3, -0.25) is 4.99 Å². The molecular weight excluding hydrogens is 274 g/mol. The van der Waals surface area contributed by atoms with Crippen LogP contribution < -0.4 is 0 Å². The molecule has 0 aromatic heterocycles. The molecule has 0 aliphatic carbocycles. The Bertz CT molecular complexity index is 488. The summed E-state index contributed by atoms with van der Waals surface area (Å²) in [6.45, 7) is 2.10. The second kappa shape index (κ2) is 5.78. The Morgan fingerprint density at radius 1 is 1.00 bits per heavy atom. The van der Waals surface area contributed by atoms with Gasteiger partial charge < -0.3 is 0 Å². The van der Waals surface area contributed by atoms with Gasteiger partial charge in [0, 0.05) is 10.7 Å². The van der Waals surface area contributed by atoms with Gasteiger partial charge in [-0.1, -0.05) is 58.4 Å². The smallest absolute Gasteiger partial charge is 0.0721 e. The highest BCUT2D eigenvalue weighted by Gasteiger charge is 2.00. The lowest BCUT2D eigenvalue weighted by molar-refractivity contribution is 0.825. The van der Waals surface area contributed by atoms with Crippen LogP contribution in [0.4, 0.5) is 0 Å². The summed E-state index contributed by atoms with van der Waals surface area (Å²) in [4.78, 5) is 4.55. The van der Waals surface area contributed by atoms with Crippen LogP contribution in [0.25, 0.3) is 0 Å². The topological polar surface area (TPSA) is 12.4 Å². The number of aliphatic imine (C=N–C) groups is 1. The number of nitrogens with zero attached hydrogens (tertiary/aromatic N) is 1. The average Bonchev–Trinajstić information content (AvgIpc) is 2.39. The second-order valence-corrected chi connectivity index (χ2v) is 4.83. The van der Waals surface area contributed by atoms with E-state index in [1.165, 1.54) is 5.56 Å². The number of rotatable bonds is 3. The monoisotopic (exact) mass is 287 g/mol. The van der Waals surface area contributed by atoms with Gasteiger partial charge in [-0.05, 0) is 30.2 Å². The standard InChI is InChI=1S/C15H14BrN/c1-12(14-5-3-2-4-6-14)17-11-13-7-9-15(16)10-8-13/h2-12H,1H3. The van der Waals surface area contributed by atoms with E-state index in [-0.39, 0.29) is 6.04 Å². The van der Waals surface area contributed by atoms with Crippen LogP contribution in [0.1, 0.15) is 24.1 Å². The zero-order chi connectivity index (χ0) is 12.1. The Hall–Kier alpha value is -1.41. The molecule has 2 heteroatoms. The van der Waals surface area contributed by atoms with E-state index in [0.717, 1.165) is 10.0 Å². The quantitative estimate of drug-likeness (QED) is 0.730. The van der Waals surface area contributed by atoms with Gasteiger partial charge in [0.25, 0.3) is 0 Å². The summed E-state index contributed by atoms with van der Waals surface area (Å²) in [5, 5.41) is 0. The molecule has 0 aliphatic rings. The highest BCUT2D eigenvalue weighted by molar-refractivity contribution is 9.10. The van der Waals surface area contributed by atoms with Gasteiger partial charge in [0.15, 0.2) is 0 Å². The van der Waals surface area contributed by atoms with Crippen molar-refractivity contribution in [3.05, 3.63) is 70.2 Å². The molecule has 0 heterocycles. The number of hydrogen-bond donors (Lipinski definition) is 0. The molecule has 0 saturated heterocycles. The third-order valence-electron chi connectivity index (χ3n) is 2.60. The van der Waals surface area contributed by atoms with Crippen molar-refractivity contribution in [3.63, 3.8) is 0 Å². The largest absolute Gasteiger partial charge is 0.285 e. The third kappa shape index (κ3) is 3.53. The molecule has 0 bridgehead atoms. The van der Waals surface area contributed by atoms with E-state index >= 15 is 0 Å². The SMILES string of the molecule is CC(N=Cc1ccc(Br)cc1)c1ccccc1. The first-order chi connectivity index (χ1) is 8.25. The Labute approximate surface area is 110 Å². The normalized spacial score (nSPS) is 12.8. The van der Waals surface area contributed by atoms with Gasteiger partial charge in [0.2, 0.25) is 0 Å². The van der Waals surface area contributed by atoms with Crippen LogP contribution >= 0.6 is 15.9 Å². The second-order valence-electron chi connectivity index (χ2n) is 3.92. The Morgan fingerprint density at radius 3 is 2.29 bits per heavy atom. The minimum Gasteiger partial charge on any atom is -0.285 e. The lowest BCUT2D eigenvalue weighted by Crippen LogP contribution is -1.90. The Balaban J connectivity index is 2.08. The van der Waals surface area contributed by atoms with Crippen molar-refractivity contribution in [2.75, 3.05) is 0 Å². The van der Waals surface area contributed by atoms with Gasteiger partial charge in [-0.2, -0.15) is 0 Å². The number of hydrogen-bond acceptors (Lipinski definition) is 1. The van der Waals surface area contributed by atoms with E-state index < -0.39 is 0 Å². The van der Waals surface area contributed by atoms with Gasteiger partial charge in [0.1, 0.15) is 0 Å². The predicted molar refractivity (Wildman–Crippen MR) is 76.6 cm³/mol. The van der Waals surface area contributed by atoms with Crippen LogP contribution in [0.15, 0.2) is 64.1 Å². The minimum atomic E-state index is 0.194. The molecule has 2 aromatic carbocycles. The molecule has 1 atom stereocenters. The maximum Gasteiger partial charge on any atom is 0.0721 e. The maximum absolute atomic E-state index is 4.55. The molecule has 0 N–H and O–H groups in total. The molecule has 0 amide bonds. The summed E-state index contributed by atoms with van der Waals surface area (Å²) in [6.07, 6.45) is 1.92. The molecule has 0 aliphatic heterocycles.